The van der Waals surface area contributed by atoms with Gasteiger partial charge in [0.15, 0.2) is 0 Å². The number of rotatable bonds is 2. The number of likely N-dealkylation sites (tertiary alicyclic amines) is 1. The Labute approximate surface area is 107 Å². The molecule has 0 saturated carbocycles. The Bertz CT molecular complexity index is 329. The lowest BCUT2D eigenvalue weighted by atomic mass is 9.98. The second kappa shape index (κ2) is 4.79. The lowest BCUT2D eigenvalue weighted by Crippen LogP contribution is -2.40. The van der Waals surface area contributed by atoms with Gasteiger partial charge in [-0.05, 0) is 19.3 Å². The van der Waals surface area contributed by atoms with Gasteiger partial charge in [-0.25, -0.2) is 0 Å². The van der Waals surface area contributed by atoms with Gasteiger partial charge in [-0.15, -0.1) is 0 Å². The van der Waals surface area contributed by atoms with Gasteiger partial charge in [0.1, 0.15) is 6.10 Å². The third kappa shape index (κ3) is 2.15. The Balaban J connectivity index is 1.59. The maximum Gasteiger partial charge on any atom is 0.251 e. The molecule has 3 rings (SSSR count). The molecule has 1 spiro atoms. The average molecular weight is 255 g/mol. The van der Waals surface area contributed by atoms with E-state index in [2.05, 4.69) is 0 Å². The summed E-state index contributed by atoms with van der Waals surface area (Å²) in [6.45, 7) is 2.86. The van der Waals surface area contributed by atoms with Gasteiger partial charge >= 0.3 is 0 Å². The highest BCUT2D eigenvalue weighted by molar-refractivity contribution is 5.81. The van der Waals surface area contributed by atoms with Gasteiger partial charge in [-0.1, -0.05) is 0 Å². The largest absolute Gasteiger partial charge is 0.379 e. The minimum absolute atomic E-state index is 0.147. The van der Waals surface area contributed by atoms with E-state index in [4.69, 9.17) is 14.2 Å². The van der Waals surface area contributed by atoms with E-state index in [9.17, 15) is 4.79 Å². The molecule has 0 bridgehead atoms. The van der Waals surface area contributed by atoms with Gasteiger partial charge in [0.2, 0.25) is 0 Å². The minimum Gasteiger partial charge on any atom is -0.379 e. The molecule has 0 aliphatic carbocycles. The predicted octanol–water partition coefficient (Wildman–Crippen LogP) is 0.572. The Morgan fingerprint density at radius 3 is 3.06 bits per heavy atom. The number of methoxy groups -OCH3 is 1. The van der Waals surface area contributed by atoms with Crippen molar-refractivity contribution in [3.8, 4) is 0 Å². The molecule has 5 heteroatoms. The van der Waals surface area contributed by atoms with E-state index in [0.717, 1.165) is 38.8 Å². The summed E-state index contributed by atoms with van der Waals surface area (Å²) in [6.07, 6.45) is 3.66. The van der Waals surface area contributed by atoms with Crippen LogP contribution in [0.2, 0.25) is 0 Å². The van der Waals surface area contributed by atoms with Crippen LogP contribution < -0.4 is 0 Å². The van der Waals surface area contributed by atoms with Crippen LogP contribution in [-0.4, -0.2) is 62.0 Å². The zero-order valence-corrected chi connectivity index (χ0v) is 10.9. The van der Waals surface area contributed by atoms with Gasteiger partial charge < -0.3 is 19.1 Å². The van der Waals surface area contributed by atoms with Gasteiger partial charge in [0, 0.05) is 33.2 Å². The maximum atomic E-state index is 12.3. The van der Waals surface area contributed by atoms with Crippen molar-refractivity contribution in [1.82, 2.24) is 4.90 Å². The van der Waals surface area contributed by atoms with Gasteiger partial charge in [0.05, 0.1) is 18.3 Å². The van der Waals surface area contributed by atoms with E-state index in [-0.39, 0.29) is 23.7 Å². The van der Waals surface area contributed by atoms with Crippen LogP contribution in [0, 0.1) is 0 Å². The van der Waals surface area contributed by atoms with Gasteiger partial charge in [-0.3, -0.25) is 4.79 Å². The Hall–Kier alpha value is -0.650. The third-order valence-corrected chi connectivity index (χ3v) is 4.34. The molecule has 0 aromatic rings. The predicted molar refractivity (Wildman–Crippen MR) is 64.3 cm³/mol. The van der Waals surface area contributed by atoms with E-state index in [1.165, 1.54) is 0 Å². The molecule has 102 valence electrons. The SMILES string of the molecule is CO[C@@H]1CO[C@@]2(CCN(C(=O)[C@@H]3CCCO3)C2)C1. The van der Waals surface area contributed by atoms with Crippen LogP contribution in [0.1, 0.15) is 25.7 Å². The fourth-order valence-corrected chi connectivity index (χ4v) is 3.25. The van der Waals surface area contributed by atoms with Crippen LogP contribution >= 0.6 is 0 Å². The smallest absolute Gasteiger partial charge is 0.251 e. The second-order valence-corrected chi connectivity index (χ2v) is 5.57. The molecular weight excluding hydrogens is 234 g/mol. The Kier molecular flexibility index (Phi) is 3.30. The first-order valence-electron chi connectivity index (χ1n) is 6.80. The molecule has 0 aromatic carbocycles. The number of ether oxygens (including phenoxy) is 3. The zero-order chi connectivity index (χ0) is 12.6. The molecule has 0 unspecified atom stereocenters. The van der Waals surface area contributed by atoms with Crippen LogP contribution in [0.5, 0.6) is 0 Å². The van der Waals surface area contributed by atoms with E-state index < -0.39 is 0 Å². The number of nitrogens with zero attached hydrogens (tertiary/aromatic N) is 1. The van der Waals surface area contributed by atoms with Crippen LogP contribution in [0.25, 0.3) is 0 Å². The van der Waals surface area contributed by atoms with E-state index >= 15 is 0 Å². The Morgan fingerprint density at radius 2 is 2.39 bits per heavy atom. The summed E-state index contributed by atoms with van der Waals surface area (Å²) in [5, 5.41) is 0. The highest BCUT2D eigenvalue weighted by atomic mass is 16.6. The van der Waals surface area contributed by atoms with Crippen LogP contribution in [0.15, 0.2) is 0 Å². The molecule has 18 heavy (non-hydrogen) atoms. The van der Waals surface area contributed by atoms with Gasteiger partial charge in [-0.2, -0.15) is 0 Å². The summed E-state index contributed by atoms with van der Waals surface area (Å²) >= 11 is 0. The van der Waals surface area contributed by atoms with E-state index in [0.29, 0.717) is 13.2 Å². The quantitative estimate of drug-likeness (QED) is 0.724. The molecular formula is C13H21NO4. The molecule has 3 fully saturated rings. The maximum absolute atomic E-state index is 12.3. The summed E-state index contributed by atoms with van der Waals surface area (Å²) in [5.41, 5.74) is -0.158. The molecule has 0 N–H and O–H groups in total. The monoisotopic (exact) mass is 255 g/mol. The molecule has 3 aliphatic heterocycles. The topological polar surface area (TPSA) is 48.0 Å². The number of hydrogen-bond acceptors (Lipinski definition) is 4. The highest BCUT2D eigenvalue weighted by Gasteiger charge is 2.47. The number of hydrogen-bond donors (Lipinski definition) is 0. The van der Waals surface area contributed by atoms with Gasteiger partial charge in [0.25, 0.3) is 5.91 Å². The van der Waals surface area contributed by atoms with E-state index in [1.807, 2.05) is 4.90 Å². The van der Waals surface area contributed by atoms with Crippen molar-refractivity contribution in [3.05, 3.63) is 0 Å². The van der Waals surface area contributed by atoms with Crippen molar-refractivity contribution >= 4 is 5.91 Å². The summed E-state index contributed by atoms with van der Waals surface area (Å²) in [7, 11) is 1.72. The average Bonchev–Trinajstić information content (AvgIpc) is 3.10. The molecule has 3 atom stereocenters. The van der Waals surface area contributed by atoms with Crippen LogP contribution in [-0.2, 0) is 19.0 Å². The lowest BCUT2D eigenvalue weighted by molar-refractivity contribution is -0.140. The van der Waals surface area contributed by atoms with Crippen molar-refractivity contribution in [1.29, 1.82) is 0 Å². The summed E-state index contributed by atoms with van der Waals surface area (Å²) in [5.74, 6) is 0.147. The number of carbonyl (C=O) groups is 1. The highest BCUT2D eigenvalue weighted by Crippen LogP contribution is 2.36. The second-order valence-electron chi connectivity index (χ2n) is 5.57. The van der Waals surface area contributed by atoms with Crippen molar-refractivity contribution in [2.24, 2.45) is 0 Å². The van der Waals surface area contributed by atoms with Crippen molar-refractivity contribution in [2.45, 2.75) is 43.5 Å². The normalized spacial score (nSPS) is 39.9. The van der Waals surface area contributed by atoms with Crippen molar-refractivity contribution < 1.29 is 19.0 Å². The molecule has 3 saturated heterocycles. The fraction of sp³-hybridized carbons (Fsp3) is 0.923. The fourth-order valence-electron chi connectivity index (χ4n) is 3.25. The van der Waals surface area contributed by atoms with Crippen molar-refractivity contribution in [2.75, 3.05) is 33.4 Å². The van der Waals surface area contributed by atoms with Crippen molar-refractivity contribution in [3.63, 3.8) is 0 Å². The summed E-state index contributed by atoms with van der Waals surface area (Å²) < 4.78 is 16.7. The first-order valence-corrected chi connectivity index (χ1v) is 6.80. The third-order valence-electron chi connectivity index (χ3n) is 4.34. The summed E-state index contributed by atoms with van der Waals surface area (Å²) in [6, 6.07) is 0. The minimum atomic E-state index is -0.209. The number of carbonyl (C=O) groups excluding carboxylic acids is 1. The number of amides is 1. The molecule has 0 radical (unpaired) electrons. The van der Waals surface area contributed by atoms with Crippen LogP contribution in [0.4, 0.5) is 0 Å². The van der Waals surface area contributed by atoms with Crippen LogP contribution in [0.3, 0.4) is 0 Å². The van der Waals surface area contributed by atoms with E-state index in [1.54, 1.807) is 7.11 Å². The summed E-state index contributed by atoms with van der Waals surface area (Å²) in [4.78, 5) is 14.2. The molecule has 1 amide bonds. The Morgan fingerprint density at radius 1 is 1.50 bits per heavy atom. The lowest BCUT2D eigenvalue weighted by Gasteiger charge is -2.24. The first kappa shape index (κ1) is 12.4. The molecule has 0 aromatic heterocycles. The standard InChI is InChI=1S/C13H21NO4/c1-16-10-7-13(18-8-10)4-5-14(9-13)12(15)11-3-2-6-17-11/h10-11H,2-9H2,1H3/t10-,11-,13-/m0/s1. The zero-order valence-electron chi connectivity index (χ0n) is 10.9. The molecule has 3 heterocycles. The molecule has 5 nitrogen and oxygen atoms in total. The first-order chi connectivity index (χ1) is 8.72. The molecule has 3 aliphatic rings.